The number of benzene rings is 1. The molecule has 0 atom stereocenters. The summed E-state index contributed by atoms with van der Waals surface area (Å²) in [5, 5.41) is 9.39. The Morgan fingerprint density at radius 1 is 1.10 bits per heavy atom. The minimum absolute atomic E-state index is 0.233. The van der Waals surface area contributed by atoms with Crippen molar-refractivity contribution in [3.05, 3.63) is 35.4 Å². The third-order valence-electron chi connectivity index (χ3n) is 3.65. The predicted molar refractivity (Wildman–Crippen MR) is 86.1 cm³/mol. The van der Waals surface area contributed by atoms with Crippen molar-refractivity contribution in [2.75, 3.05) is 13.2 Å². The SMILES string of the molecule is CCC/C(C#N)=C(\CCC)c1ccc(B2OCCO2)cc1. The van der Waals surface area contributed by atoms with E-state index in [2.05, 4.69) is 32.0 Å². The summed E-state index contributed by atoms with van der Waals surface area (Å²) < 4.78 is 11.0. The number of hydrogen-bond donors (Lipinski definition) is 0. The quantitative estimate of drug-likeness (QED) is 0.594. The van der Waals surface area contributed by atoms with Crippen LogP contribution in [-0.4, -0.2) is 20.3 Å². The molecule has 0 aliphatic carbocycles. The summed E-state index contributed by atoms with van der Waals surface area (Å²) in [5.74, 6) is 0. The standard InChI is InChI=1S/C17H22BNO2/c1-3-5-15(13-19)17(6-4-2)14-7-9-16(10-8-14)18-20-11-12-21-18/h7-10H,3-6,11-12H2,1-2H3/b17-15-. The summed E-state index contributed by atoms with van der Waals surface area (Å²) in [5.41, 5.74) is 4.28. The van der Waals surface area contributed by atoms with E-state index in [1.165, 1.54) is 5.57 Å². The Morgan fingerprint density at radius 3 is 2.24 bits per heavy atom. The average molecular weight is 283 g/mol. The number of nitriles is 1. The molecule has 4 heteroatoms. The highest BCUT2D eigenvalue weighted by Crippen LogP contribution is 2.26. The molecule has 0 aromatic heterocycles. The van der Waals surface area contributed by atoms with Gasteiger partial charge < -0.3 is 9.31 Å². The molecule has 110 valence electrons. The summed E-state index contributed by atoms with van der Waals surface area (Å²) >= 11 is 0. The Morgan fingerprint density at radius 2 is 1.71 bits per heavy atom. The van der Waals surface area contributed by atoms with Gasteiger partial charge in [0.1, 0.15) is 0 Å². The molecule has 0 amide bonds. The van der Waals surface area contributed by atoms with Gasteiger partial charge in [0.05, 0.1) is 19.3 Å². The number of allylic oxidation sites excluding steroid dienone is 2. The molecule has 1 aromatic rings. The second kappa shape index (κ2) is 8.02. The Labute approximate surface area is 127 Å². The molecule has 0 N–H and O–H groups in total. The van der Waals surface area contributed by atoms with Crippen molar-refractivity contribution in [2.24, 2.45) is 0 Å². The third kappa shape index (κ3) is 3.97. The van der Waals surface area contributed by atoms with E-state index in [9.17, 15) is 5.26 Å². The molecule has 1 aromatic carbocycles. The maximum absolute atomic E-state index is 9.39. The van der Waals surface area contributed by atoms with Crippen LogP contribution < -0.4 is 5.46 Å². The molecule has 0 radical (unpaired) electrons. The molecular weight excluding hydrogens is 261 g/mol. The van der Waals surface area contributed by atoms with Crippen LogP contribution in [-0.2, 0) is 9.31 Å². The van der Waals surface area contributed by atoms with Crippen LogP contribution in [0.15, 0.2) is 29.8 Å². The van der Waals surface area contributed by atoms with Crippen molar-refractivity contribution in [1.82, 2.24) is 0 Å². The van der Waals surface area contributed by atoms with Gasteiger partial charge in [0.2, 0.25) is 0 Å². The molecule has 0 unspecified atom stereocenters. The highest BCUT2D eigenvalue weighted by Gasteiger charge is 2.25. The van der Waals surface area contributed by atoms with E-state index in [1.807, 2.05) is 12.1 Å². The maximum Gasteiger partial charge on any atom is 0.494 e. The van der Waals surface area contributed by atoms with Crippen LogP contribution in [0.5, 0.6) is 0 Å². The molecule has 0 spiro atoms. The molecule has 1 heterocycles. The fraction of sp³-hybridized carbons (Fsp3) is 0.471. The van der Waals surface area contributed by atoms with E-state index in [1.54, 1.807) is 0 Å². The molecule has 1 fully saturated rings. The summed E-state index contributed by atoms with van der Waals surface area (Å²) in [6.45, 7) is 5.57. The first-order valence-corrected chi connectivity index (χ1v) is 7.75. The van der Waals surface area contributed by atoms with Crippen molar-refractivity contribution in [2.45, 2.75) is 39.5 Å². The summed E-state index contributed by atoms with van der Waals surface area (Å²) in [6.07, 6.45) is 3.83. The van der Waals surface area contributed by atoms with Crippen LogP contribution in [0.2, 0.25) is 0 Å². The lowest BCUT2D eigenvalue weighted by Crippen LogP contribution is -2.31. The van der Waals surface area contributed by atoms with Crippen LogP contribution in [0, 0.1) is 11.3 Å². The fourth-order valence-corrected chi connectivity index (χ4v) is 2.64. The molecule has 1 aliphatic rings. The van der Waals surface area contributed by atoms with Crippen LogP contribution in [0.3, 0.4) is 0 Å². The molecule has 21 heavy (non-hydrogen) atoms. The number of rotatable bonds is 6. The van der Waals surface area contributed by atoms with Crippen LogP contribution >= 0.6 is 0 Å². The lowest BCUT2D eigenvalue weighted by atomic mass is 9.78. The van der Waals surface area contributed by atoms with Gasteiger partial charge in [-0.15, -0.1) is 0 Å². The lowest BCUT2D eigenvalue weighted by Gasteiger charge is -2.11. The Balaban J connectivity index is 2.26. The van der Waals surface area contributed by atoms with E-state index in [0.717, 1.165) is 42.3 Å². The molecule has 1 saturated heterocycles. The number of hydrogen-bond acceptors (Lipinski definition) is 3. The fourth-order valence-electron chi connectivity index (χ4n) is 2.64. The van der Waals surface area contributed by atoms with Crippen LogP contribution in [0.4, 0.5) is 0 Å². The first-order valence-electron chi connectivity index (χ1n) is 7.75. The van der Waals surface area contributed by atoms with Gasteiger partial charge in [0.15, 0.2) is 0 Å². The summed E-state index contributed by atoms with van der Waals surface area (Å²) in [6, 6.07) is 10.6. The Bertz CT molecular complexity index is 525. The van der Waals surface area contributed by atoms with E-state index in [4.69, 9.17) is 9.31 Å². The van der Waals surface area contributed by atoms with Crippen molar-refractivity contribution >= 4 is 18.2 Å². The summed E-state index contributed by atoms with van der Waals surface area (Å²) in [7, 11) is -0.233. The molecule has 1 aliphatic heterocycles. The van der Waals surface area contributed by atoms with Crippen LogP contribution in [0.25, 0.3) is 5.57 Å². The molecule has 0 saturated carbocycles. The topological polar surface area (TPSA) is 42.2 Å². The molecule has 3 nitrogen and oxygen atoms in total. The predicted octanol–water partition coefficient (Wildman–Crippen LogP) is 3.31. The lowest BCUT2D eigenvalue weighted by molar-refractivity contribution is 0.365. The van der Waals surface area contributed by atoms with Crippen molar-refractivity contribution in [3.63, 3.8) is 0 Å². The first-order chi connectivity index (χ1) is 10.3. The van der Waals surface area contributed by atoms with E-state index < -0.39 is 0 Å². The van der Waals surface area contributed by atoms with Gasteiger partial charge in [-0.2, -0.15) is 5.26 Å². The minimum Gasteiger partial charge on any atom is -0.405 e. The van der Waals surface area contributed by atoms with Crippen LogP contribution in [0.1, 0.15) is 45.1 Å². The van der Waals surface area contributed by atoms with Gasteiger partial charge in [-0.05, 0) is 29.4 Å². The van der Waals surface area contributed by atoms with Gasteiger partial charge in [0, 0.05) is 5.57 Å². The Hall–Kier alpha value is -1.57. The molecule has 2 rings (SSSR count). The van der Waals surface area contributed by atoms with Gasteiger partial charge in [-0.1, -0.05) is 51.0 Å². The van der Waals surface area contributed by atoms with Crippen molar-refractivity contribution in [3.8, 4) is 6.07 Å². The van der Waals surface area contributed by atoms with E-state index >= 15 is 0 Å². The van der Waals surface area contributed by atoms with Gasteiger partial charge in [0.25, 0.3) is 0 Å². The summed E-state index contributed by atoms with van der Waals surface area (Å²) in [4.78, 5) is 0. The van der Waals surface area contributed by atoms with Gasteiger partial charge in [-0.3, -0.25) is 0 Å². The smallest absolute Gasteiger partial charge is 0.405 e. The normalized spacial score (nSPS) is 15.8. The monoisotopic (exact) mass is 283 g/mol. The second-order valence-electron chi connectivity index (χ2n) is 5.26. The molecular formula is C17H22BNO2. The van der Waals surface area contributed by atoms with Gasteiger partial charge >= 0.3 is 7.12 Å². The average Bonchev–Trinajstić information content (AvgIpc) is 3.05. The Kier molecular flexibility index (Phi) is 6.04. The maximum atomic E-state index is 9.39. The third-order valence-corrected chi connectivity index (χ3v) is 3.65. The number of nitrogens with zero attached hydrogens (tertiary/aromatic N) is 1. The highest BCUT2D eigenvalue weighted by molar-refractivity contribution is 6.61. The first kappa shape index (κ1) is 15.8. The zero-order valence-corrected chi connectivity index (χ0v) is 12.9. The van der Waals surface area contributed by atoms with Crippen molar-refractivity contribution in [1.29, 1.82) is 5.26 Å². The highest BCUT2D eigenvalue weighted by atomic mass is 16.6. The largest absolute Gasteiger partial charge is 0.494 e. The zero-order chi connectivity index (χ0) is 15.1. The van der Waals surface area contributed by atoms with E-state index in [0.29, 0.717) is 13.2 Å². The van der Waals surface area contributed by atoms with Gasteiger partial charge in [-0.25, -0.2) is 0 Å². The second-order valence-corrected chi connectivity index (χ2v) is 5.26. The van der Waals surface area contributed by atoms with E-state index in [-0.39, 0.29) is 7.12 Å². The minimum atomic E-state index is -0.233. The molecule has 0 bridgehead atoms. The van der Waals surface area contributed by atoms with Crippen molar-refractivity contribution < 1.29 is 9.31 Å². The zero-order valence-electron chi connectivity index (χ0n) is 12.9.